The molecule has 0 heterocycles. The van der Waals surface area contributed by atoms with Crippen molar-refractivity contribution in [3.8, 4) is 17.2 Å². The number of hydrogen-bond acceptors (Lipinski definition) is 3. The van der Waals surface area contributed by atoms with Gasteiger partial charge >= 0.3 is 5.97 Å². The van der Waals surface area contributed by atoms with Gasteiger partial charge in [0.05, 0.1) is 17.2 Å². The molecule has 0 amide bonds. The fraction of sp³-hybridized carbons (Fsp3) is 0.429. The van der Waals surface area contributed by atoms with Gasteiger partial charge in [0, 0.05) is 0 Å². The SMILES string of the molecule is CCC[C@H]1CC[C@H](c2ccc(-c3ccc(C(=O)O[C@H]4CC[C@H](c5ccc(C#N)cc5)CC4)cc3)cc2)CC1. The lowest BCUT2D eigenvalue weighted by Crippen LogP contribution is -2.24. The summed E-state index contributed by atoms with van der Waals surface area (Å²) in [6.45, 7) is 2.30. The fourth-order valence-corrected chi connectivity index (χ4v) is 6.50. The third kappa shape index (κ3) is 6.36. The van der Waals surface area contributed by atoms with E-state index in [0.717, 1.165) is 37.2 Å². The molecule has 0 N–H and O–H groups in total. The zero-order valence-corrected chi connectivity index (χ0v) is 22.6. The van der Waals surface area contributed by atoms with Crippen molar-refractivity contribution in [1.29, 1.82) is 5.26 Å². The number of rotatable bonds is 7. The van der Waals surface area contributed by atoms with Gasteiger partial charge in [0.1, 0.15) is 6.10 Å². The number of carbonyl (C=O) groups excluding carboxylic acids is 1. The monoisotopic (exact) mass is 505 g/mol. The predicted octanol–water partition coefficient (Wildman–Crippen LogP) is 9.18. The van der Waals surface area contributed by atoms with E-state index in [-0.39, 0.29) is 12.1 Å². The van der Waals surface area contributed by atoms with E-state index in [1.807, 2.05) is 36.4 Å². The molecule has 0 aliphatic heterocycles. The highest BCUT2D eigenvalue weighted by molar-refractivity contribution is 5.90. The van der Waals surface area contributed by atoms with Crippen LogP contribution in [0.2, 0.25) is 0 Å². The summed E-state index contributed by atoms with van der Waals surface area (Å²) < 4.78 is 5.87. The predicted molar refractivity (Wildman–Crippen MR) is 153 cm³/mol. The van der Waals surface area contributed by atoms with Crippen molar-refractivity contribution in [2.75, 3.05) is 0 Å². The van der Waals surface area contributed by atoms with Gasteiger partial charge < -0.3 is 4.74 Å². The zero-order chi connectivity index (χ0) is 26.3. The van der Waals surface area contributed by atoms with E-state index in [0.29, 0.717) is 23.0 Å². The Hall–Kier alpha value is -3.38. The van der Waals surface area contributed by atoms with E-state index in [1.54, 1.807) is 0 Å². The minimum Gasteiger partial charge on any atom is -0.459 e. The van der Waals surface area contributed by atoms with Crippen LogP contribution in [0.4, 0.5) is 0 Å². The van der Waals surface area contributed by atoms with Crippen molar-refractivity contribution in [3.63, 3.8) is 0 Å². The van der Waals surface area contributed by atoms with Gasteiger partial charge in [0.2, 0.25) is 0 Å². The lowest BCUT2D eigenvalue weighted by Gasteiger charge is -2.28. The maximum atomic E-state index is 12.8. The molecule has 3 heteroatoms. The molecule has 0 atom stereocenters. The minimum absolute atomic E-state index is 0.0265. The second-order valence-electron chi connectivity index (χ2n) is 11.3. The number of benzene rings is 3. The van der Waals surface area contributed by atoms with E-state index in [9.17, 15) is 4.79 Å². The Balaban J connectivity index is 1.11. The molecule has 0 unspecified atom stereocenters. The molecular weight excluding hydrogens is 466 g/mol. The highest BCUT2D eigenvalue weighted by Crippen LogP contribution is 2.38. The van der Waals surface area contributed by atoms with E-state index < -0.39 is 0 Å². The summed E-state index contributed by atoms with van der Waals surface area (Å²) in [6, 6.07) is 27.0. The van der Waals surface area contributed by atoms with Crippen LogP contribution in [-0.4, -0.2) is 12.1 Å². The first-order chi connectivity index (χ1) is 18.6. The zero-order valence-electron chi connectivity index (χ0n) is 22.6. The first-order valence-electron chi connectivity index (χ1n) is 14.5. The average molecular weight is 506 g/mol. The summed E-state index contributed by atoms with van der Waals surface area (Å²) in [5.41, 5.74) is 6.37. The standard InChI is InChI=1S/C35H39NO2/c1-2-3-25-4-8-27(9-5-25)29-12-14-30(15-13-29)31-16-18-33(19-17-31)35(37)38-34-22-20-32(21-23-34)28-10-6-26(24-36)7-11-28/h6-7,10-19,25,27,32,34H,2-5,8-9,20-23H2,1H3/t25-,27-,32-,34-. The van der Waals surface area contributed by atoms with Crippen LogP contribution in [0, 0.1) is 17.2 Å². The van der Waals surface area contributed by atoms with Gasteiger partial charge in [-0.25, -0.2) is 4.79 Å². The Labute approximate surface area is 227 Å². The van der Waals surface area contributed by atoms with Crippen LogP contribution >= 0.6 is 0 Å². The third-order valence-corrected chi connectivity index (χ3v) is 8.84. The van der Waals surface area contributed by atoms with Crippen LogP contribution in [0.15, 0.2) is 72.8 Å². The van der Waals surface area contributed by atoms with Crippen molar-refractivity contribution >= 4 is 5.97 Å². The smallest absolute Gasteiger partial charge is 0.338 e. The van der Waals surface area contributed by atoms with Crippen LogP contribution in [0.25, 0.3) is 11.1 Å². The largest absolute Gasteiger partial charge is 0.459 e. The molecule has 0 bridgehead atoms. The molecule has 2 saturated carbocycles. The van der Waals surface area contributed by atoms with Crippen molar-refractivity contribution < 1.29 is 9.53 Å². The number of hydrogen-bond donors (Lipinski definition) is 0. The van der Waals surface area contributed by atoms with E-state index in [1.165, 1.54) is 55.2 Å². The summed E-state index contributed by atoms with van der Waals surface area (Å²) in [7, 11) is 0. The van der Waals surface area contributed by atoms with Crippen molar-refractivity contribution in [2.24, 2.45) is 5.92 Å². The third-order valence-electron chi connectivity index (χ3n) is 8.84. The number of nitriles is 1. The van der Waals surface area contributed by atoms with Crippen LogP contribution in [0.5, 0.6) is 0 Å². The van der Waals surface area contributed by atoms with Gasteiger partial charge in [-0.1, -0.05) is 68.3 Å². The maximum Gasteiger partial charge on any atom is 0.338 e. The Bertz CT molecular complexity index is 1220. The van der Waals surface area contributed by atoms with Gasteiger partial charge in [-0.3, -0.25) is 0 Å². The molecule has 38 heavy (non-hydrogen) atoms. The highest BCUT2D eigenvalue weighted by atomic mass is 16.5. The van der Waals surface area contributed by atoms with Crippen LogP contribution in [-0.2, 0) is 4.74 Å². The van der Waals surface area contributed by atoms with Gasteiger partial charge in [0.25, 0.3) is 0 Å². The quantitative estimate of drug-likeness (QED) is 0.301. The first kappa shape index (κ1) is 26.2. The molecule has 0 saturated heterocycles. The summed E-state index contributed by atoms with van der Waals surface area (Å²) in [5, 5.41) is 9.00. The van der Waals surface area contributed by atoms with E-state index >= 15 is 0 Å². The molecule has 196 valence electrons. The van der Waals surface area contributed by atoms with Crippen molar-refractivity contribution in [1.82, 2.24) is 0 Å². The average Bonchev–Trinajstić information content (AvgIpc) is 2.98. The maximum absolute atomic E-state index is 12.8. The van der Waals surface area contributed by atoms with Gasteiger partial charge in [-0.2, -0.15) is 5.26 Å². The lowest BCUT2D eigenvalue weighted by molar-refractivity contribution is 0.0195. The molecule has 2 fully saturated rings. The number of nitrogens with zero attached hydrogens (tertiary/aromatic N) is 1. The van der Waals surface area contributed by atoms with Gasteiger partial charge in [-0.05, 0) is 116 Å². The molecule has 2 aliphatic rings. The van der Waals surface area contributed by atoms with Gasteiger partial charge in [0.15, 0.2) is 0 Å². The summed E-state index contributed by atoms with van der Waals surface area (Å²) in [4.78, 5) is 12.8. The van der Waals surface area contributed by atoms with Crippen LogP contribution < -0.4 is 0 Å². The minimum atomic E-state index is -0.229. The van der Waals surface area contributed by atoms with E-state index in [2.05, 4.69) is 49.4 Å². The normalized spacial score (nSPS) is 23.4. The number of ether oxygens (including phenoxy) is 1. The van der Waals surface area contributed by atoms with Crippen molar-refractivity contribution in [2.45, 2.75) is 89.1 Å². The lowest BCUT2D eigenvalue weighted by atomic mass is 9.77. The molecule has 3 aromatic carbocycles. The van der Waals surface area contributed by atoms with Crippen LogP contribution in [0.3, 0.4) is 0 Å². The molecular formula is C35H39NO2. The van der Waals surface area contributed by atoms with Crippen molar-refractivity contribution in [3.05, 3.63) is 95.1 Å². The number of esters is 1. The molecule has 3 aromatic rings. The Kier molecular flexibility index (Phi) is 8.59. The number of carbonyl (C=O) groups is 1. The van der Waals surface area contributed by atoms with Gasteiger partial charge in [-0.15, -0.1) is 0 Å². The molecule has 0 aromatic heterocycles. The second kappa shape index (κ2) is 12.4. The highest BCUT2D eigenvalue weighted by Gasteiger charge is 2.25. The first-order valence-corrected chi connectivity index (χ1v) is 14.5. The topological polar surface area (TPSA) is 50.1 Å². The summed E-state index contributed by atoms with van der Waals surface area (Å²) in [5.74, 6) is 1.88. The molecule has 3 nitrogen and oxygen atoms in total. The second-order valence-corrected chi connectivity index (χ2v) is 11.3. The Morgan fingerprint density at radius 2 is 1.24 bits per heavy atom. The fourth-order valence-electron chi connectivity index (χ4n) is 6.50. The summed E-state index contributed by atoms with van der Waals surface area (Å²) in [6.07, 6.45) is 11.8. The molecule has 2 aliphatic carbocycles. The molecule has 0 radical (unpaired) electrons. The molecule has 0 spiro atoms. The Morgan fingerprint density at radius 1 is 0.737 bits per heavy atom. The van der Waals surface area contributed by atoms with E-state index in [4.69, 9.17) is 10.00 Å². The van der Waals surface area contributed by atoms with Crippen LogP contribution in [0.1, 0.15) is 110 Å². The molecule has 5 rings (SSSR count). The summed E-state index contributed by atoms with van der Waals surface area (Å²) >= 11 is 0. The Morgan fingerprint density at radius 3 is 1.76 bits per heavy atom.